The molecule has 2 atom stereocenters. The summed E-state index contributed by atoms with van der Waals surface area (Å²) in [5, 5.41) is 8.92. The second-order valence-electron chi connectivity index (χ2n) is 4.16. The molecule has 0 heterocycles. The molecule has 3 N–H and O–H groups in total. The molecule has 5 nitrogen and oxygen atoms in total. The first kappa shape index (κ1) is 14.9. The highest BCUT2D eigenvalue weighted by Gasteiger charge is 2.25. The Labute approximate surface area is 96.6 Å². The number of carboxylic acid groups (broad SMARTS) is 1. The number of hydrogen-bond acceptors (Lipinski definition) is 3. The number of hydrogen-bond donors (Lipinski definition) is 2. The Hall–Kier alpha value is -1.10. The van der Waals surface area contributed by atoms with Crippen LogP contribution in [-0.4, -0.2) is 41.0 Å². The monoisotopic (exact) mass is 230 g/mol. The summed E-state index contributed by atoms with van der Waals surface area (Å²) in [6.45, 7) is 6.34. The summed E-state index contributed by atoms with van der Waals surface area (Å²) in [5.41, 5.74) is 5.15. The lowest BCUT2D eigenvalue weighted by molar-refractivity contribution is -0.143. The smallest absolute Gasteiger partial charge is 0.307 e. The first-order valence-corrected chi connectivity index (χ1v) is 5.65. The number of carboxylic acids is 1. The van der Waals surface area contributed by atoms with E-state index in [2.05, 4.69) is 0 Å². The van der Waals surface area contributed by atoms with Crippen LogP contribution >= 0.6 is 0 Å². The van der Waals surface area contributed by atoms with Gasteiger partial charge in [0.1, 0.15) is 0 Å². The average Bonchev–Trinajstić information content (AvgIpc) is 2.21. The Morgan fingerprint density at radius 3 is 2.31 bits per heavy atom. The van der Waals surface area contributed by atoms with Gasteiger partial charge in [0.05, 0.1) is 12.5 Å². The molecule has 94 valence electrons. The van der Waals surface area contributed by atoms with Crippen molar-refractivity contribution in [2.75, 3.05) is 13.1 Å². The highest BCUT2D eigenvalue weighted by molar-refractivity contribution is 5.76. The molecule has 2 unspecified atom stereocenters. The third kappa shape index (κ3) is 5.11. The third-order valence-corrected chi connectivity index (χ3v) is 2.85. The molecular formula is C11H22N2O3. The van der Waals surface area contributed by atoms with E-state index in [-0.39, 0.29) is 12.6 Å². The molecule has 0 aliphatic rings. The van der Waals surface area contributed by atoms with Gasteiger partial charge in [0, 0.05) is 6.04 Å². The zero-order valence-electron chi connectivity index (χ0n) is 10.3. The van der Waals surface area contributed by atoms with Gasteiger partial charge < -0.3 is 10.8 Å². The van der Waals surface area contributed by atoms with Crippen molar-refractivity contribution in [1.29, 1.82) is 0 Å². The molecule has 0 radical (unpaired) electrons. The van der Waals surface area contributed by atoms with E-state index in [0.29, 0.717) is 6.54 Å². The molecule has 0 aromatic heterocycles. The largest absolute Gasteiger partial charge is 0.481 e. The Kier molecular flexibility index (Phi) is 6.72. The fraction of sp³-hybridized carbons (Fsp3) is 0.818. The second kappa shape index (κ2) is 7.22. The van der Waals surface area contributed by atoms with Crippen LogP contribution in [-0.2, 0) is 9.59 Å². The number of nitrogens with two attached hydrogens (primary N) is 1. The Balaban J connectivity index is 4.47. The van der Waals surface area contributed by atoms with Crippen molar-refractivity contribution in [2.24, 2.45) is 11.7 Å². The molecule has 0 aromatic carbocycles. The van der Waals surface area contributed by atoms with Gasteiger partial charge in [0.2, 0.25) is 5.91 Å². The van der Waals surface area contributed by atoms with Gasteiger partial charge in [0.25, 0.3) is 0 Å². The fourth-order valence-electron chi connectivity index (χ4n) is 1.51. The van der Waals surface area contributed by atoms with Gasteiger partial charge in [-0.1, -0.05) is 20.3 Å². The molecule has 0 bridgehead atoms. The predicted octanol–water partition coefficient (Wildman–Crippen LogP) is 0.683. The minimum Gasteiger partial charge on any atom is -0.481 e. The summed E-state index contributed by atoms with van der Waals surface area (Å²) in [6.07, 6.45) is 1.94. The maximum atomic E-state index is 10.9. The van der Waals surface area contributed by atoms with Crippen molar-refractivity contribution in [3.8, 4) is 0 Å². The molecular weight excluding hydrogens is 208 g/mol. The van der Waals surface area contributed by atoms with Crippen LogP contribution in [0.1, 0.15) is 33.6 Å². The number of unbranched alkanes of at least 4 members (excludes halogenated alkanes) is 1. The van der Waals surface area contributed by atoms with E-state index in [9.17, 15) is 9.59 Å². The standard InChI is InChI=1S/C11H22N2O3/c1-4-5-6-13(7-10(12)14)9(3)8(2)11(15)16/h8-9H,4-7H2,1-3H3,(H2,12,14)(H,15,16). The lowest BCUT2D eigenvalue weighted by Crippen LogP contribution is -2.45. The van der Waals surface area contributed by atoms with Gasteiger partial charge in [-0.15, -0.1) is 0 Å². The van der Waals surface area contributed by atoms with Crippen molar-refractivity contribution >= 4 is 11.9 Å². The van der Waals surface area contributed by atoms with Gasteiger partial charge in [-0.3, -0.25) is 14.5 Å². The molecule has 0 saturated heterocycles. The lowest BCUT2D eigenvalue weighted by Gasteiger charge is -2.30. The van der Waals surface area contributed by atoms with Crippen molar-refractivity contribution in [3.05, 3.63) is 0 Å². The minimum absolute atomic E-state index is 0.124. The zero-order chi connectivity index (χ0) is 12.7. The molecule has 0 rings (SSSR count). The van der Waals surface area contributed by atoms with Crippen LogP contribution in [0, 0.1) is 5.92 Å². The van der Waals surface area contributed by atoms with Crippen molar-refractivity contribution in [2.45, 2.75) is 39.7 Å². The number of carbonyl (C=O) groups is 2. The van der Waals surface area contributed by atoms with Crippen LogP contribution in [0.15, 0.2) is 0 Å². The topological polar surface area (TPSA) is 83.6 Å². The molecule has 16 heavy (non-hydrogen) atoms. The number of nitrogens with zero attached hydrogens (tertiary/aromatic N) is 1. The van der Waals surface area contributed by atoms with Crippen LogP contribution < -0.4 is 5.73 Å². The quantitative estimate of drug-likeness (QED) is 0.642. The van der Waals surface area contributed by atoms with E-state index in [1.165, 1.54) is 0 Å². The zero-order valence-corrected chi connectivity index (χ0v) is 10.3. The van der Waals surface area contributed by atoms with Crippen LogP contribution in [0.4, 0.5) is 0 Å². The Morgan fingerprint density at radius 1 is 1.38 bits per heavy atom. The molecule has 5 heteroatoms. The summed E-state index contributed by atoms with van der Waals surface area (Å²) >= 11 is 0. The highest BCUT2D eigenvalue weighted by Crippen LogP contribution is 2.12. The van der Waals surface area contributed by atoms with Gasteiger partial charge in [-0.05, 0) is 19.9 Å². The highest BCUT2D eigenvalue weighted by atomic mass is 16.4. The molecule has 0 saturated carbocycles. The molecule has 0 aliphatic heterocycles. The summed E-state index contributed by atoms with van der Waals surface area (Å²) in [4.78, 5) is 23.6. The van der Waals surface area contributed by atoms with E-state index in [1.54, 1.807) is 6.92 Å². The van der Waals surface area contributed by atoms with E-state index in [1.807, 2.05) is 18.7 Å². The van der Waals surface area contributed by atoms with Gasteiger partial charge in [-0.2, -0.15) is 0 Å². The number of aliphatic carboxylic acids is 1. The van der Waals surface area contributed by atoms with E-state index < -0.39 is 17.8 Å². The van der Waals surface area contributed by atoms with Gasteiger partial charge >= 0.3 is 5.97 Å². The maximum Gasteiger partial charge on any atom is 0.307 e. The van der Waals surface area contributed by atoms with Crippen molar-refractivity contribution in [3.63, 3.8) is 0 Å². The van der Waals surface area contributed by atoms with Crippen LogP contribution in [0.3, 0.4) is 0 Å². The SMILES string of the molecule is CCCCN(CC(N)=O)C(C)C(C)C(=O)O. The summed E-state index contributed by atoms with van der Waals surface area (Å²) in [6, 6.07) is -0.184. The Morgan fingerprint density at radius 2 is 1.94 bits per heavy atom. The van der Waals surface area contributed by atoms with Crippen LogP contribution in [0.2, 0.25) is 0 Å². The second-order valence-corrected chi connectivity index (χ2v) is 4.16. The van der Waals surface area contributed by atoms with Crippen molar-refractivity contribution < 1.29 is 14.7 Å². The molecule has 1 amide bonds. The first-order chi connectivity index (χ1) is 7.40. The molecule has 0 spiro atoms. The molecule has 0 aliphatic carbocycles. The number of primary amides is 1. The number of rotatable bonds is 8. The first-order valence-electron chi connectivity index (χ1n) is 5.65. The fourth-order valence-corrected chi connectivity index (χ4v) is 1.51. The van der Waals surface area contributed by atoms with E-state index in [0.717, 1.165) is 12.8 Å². The van der Waals surface area contributed by atoms with Crippen LogP contribution in [0.25, 0.3) is 0 Å². The minimum atomic E-state index is -0.849. The lowest BCUT2D eigenvalue weighted by atomic mass is 10.0. The predicted molar refractivity (Wildman–Crippen MR) is 61.9 cm³/mol. The third-order valence-electron chi connectivity index (χ3n) is 2.85. The normalized spacial score (nSPS) is 14.8. The van der Waals surface area contributed by atoms with Gasteiger partial charge in [0.15, 0.2) is 0 Å². The van der Waals surface area contributed by atoms with Crippen molar-refractivity contribution in [1.82, 2.24) is 4.90 Å². The summed E-state index contributed by atoms with van der Waals surface area (Å²) < 4.78 is 0. The summed E-state index contributed by atoms with van der Waals surface area (Å²) in [5.74, 6) is -1.77. The summed E-state index contributed by atoms with van der Waals surface area (Å²) in [7, 11) is 0. The molecule has 0 fully saturated rings. The molecule has 0 aromatic rings. The Bertz CT molecular complexity index is 243. The van der Waals surface area contributed by atoms with E-state index in [4.69, 9.17) is 10.8 Å². The van der Waals surface area contributed by atoms with Gasteiger partial charge in [-0.25, -0.2) is 0 Å². The van der Waals surface area contributed by atoms with E-state index >= 15 is 0 Å². The average molecular weight is 230 g/mol. The number of carbonyl (C=O) groups excluding carboxylic acids is 1. The maximum absolute atomic E-state index is 10.9. The van der Waals surface area contributed by atoms with Crippen LogP contribution in [0.5, 0.6) is 0 Å². The number of amides is 1.